The fourth-order valence-electron chi connectivity index (χ4n) is 1.49. The largest absolute Gasteiger partial charge is 0.389 e. The second kappa shape index (κ2) is 2.66. The normalized spacial score (nSPS) is 29.7. The summed E-state index contributed by atoms with van der Waals surface area (Å²) in [6.45, 7) is 2.25. The minimum Gasteiger partial charge on any atom is -0.389 e. The summed E-state index contributed by atoms with van der Waals surface area (Å²) in [5.41, 5.74) is 0. The van der Waals surface area contributed by atoms with Crippen LogP contribution in [0, 0.1) is 0 Å². The molecule has 1 unspecified atom stereocenters. The van der Waals surface area contributed by atoms with Crippen LogP contribution in [-0.4, -0.2) is 41.6 Å². The highest BCUT2D eigenvalue weighted by atomic mass is 16.3. The Hall–Kier alpha value is -0.830. The van der Waals surface area contributed by atoms with Crippen LogP contribution < -0.4 is 0 Å². The molecule has 0 aromatic heterocycles. The van der Waals surface area contributed by atoms with Gasteiger partial charge >= 0.3 is 0 Å². The molecule has 0 saturated heterocycles. The summed E-state index contributed by atoms with van der Waals surface area (Å²) in [4.78, 5) is 6.41. The van der Waals surface area contributed by atoms with Crippen molar-refractivity contribution in [2.24, 2.45) is 4.99 Å². The predicted molar refractivity (Wildman–Crippen MR) is 43.6 cm³/mol. The zero-order valence-electron chi connectivity index (χ0n) is 6.40. The van der Waals surface area contributed by atoms with Gasteiger partial charge in [0.15, 0.2) is 0 Å². The molecular weight excluding hydrogens is 140 g/mol. The summed E-state index contributed by atoms with van der Waals surface area (Å²) in [6, 6.07) is 0. The average Bonchev–Trinajstić information content (AvgIpc) is 2.04. The molecule has 3 heteroatoms. The lowest BCUT2D eigenvalue weighted by Crippen LogP contribution is -2.44. The van der Waals surface area contributed by atoms with E-state index in [2.05, 4.69) is 22.0 Å². The Labute approximate surface area is 66.0 Å². The van der Waals surface area contributed by atoms with Gasteiger partial charge in [-0.2, -0.15) is 0 Å². The van der Waals surface area contributed by atoms with Crippen molar-refractivity contribution < 1.29 is 5.11 Å². The molecule has 2 aliphatic heterocycles. The van der Waals surface area contributed by atoms with Crippen LogP contribution in [0.25, 0.3) is 0 Å². The molecule has 0 fully saturated rings. The first-order chi connectivity index (χ1) is 5.36. The van der Waals surface area contributed by atoms with Crippen molar-refractivity contribution in [2.75, 3.05) is 19.6 Å². The van der Waals surface area contributed by atoms with E-state index >= 15 is 0 Å². The number of aliphatic imine (C=N–C) groups is 1. The predicted octanol–water partition coefficient (Wildman–Crippen LogP) is 0.0213. The molecule has 0 radical (unpaired) electrons. The molecule has 2 rings (SSSR count). The lowest BCUT2D eigenvalue weighted by atomic mass is 10.2. The van der Waals surface area contributed by atoms with E-state index in [0.29, 0.717) is 6.54 Å². The van der Waals surface area contributed by atoms with Crippen LogP contribution >= 0.6 is 0 Å². The van der Waals surface area contributed by atoms with Crippen molar-refractivity contribution in [2.45, 2.75) is 12.5 Å². The first kappa shape index (κ1) is 6.85. The van der Waals surface area contributed by atoms with Gasteiger partial charge in [0.2, 0.25) is 0 Å². The van der Waals surface area contributed by atoms with E-state index in [9.17, 15) is 5.11 Å². The fourth-order valence-corrected chi connectivity index (χ4v) is 1.49. The number of amidine groups is 1. The van der Waals surface area contributed by atoms with Crippen LogP contribution in [0.15, 0.2) is 17.1 Å². The van der Waals surface area contributed by atoms with Gasteiger partial charge in [0.1, 0.15) is 5.84 Å². The molecule has 0 spiro atoms. The molecule has 1 N–H and O–H groups in total. The smallest absolute Gasteiger partial charge is 0.103 e. The zero-order chi connectivity index (χ0) is 7.68. The van der Waals surface area contributed by atoms with Crippen LogP contribution in [0.4, 0.5) is 0 Å². The van der Waals surface area contributed by atoms with Gasteiger partial charge in [-0.3, -0.25) is 4.99 Å². The number of nitrogens with zero attached hydrogens (tertiary/aromatic N) is 2. The fraction of sp³-hybridized carbons (Fsp3) is 0.625. The number of aliphatic hydroxyl groups excluding tert-OH is 1. The van der Waals surface area contributed by atoms with Crippen LogP contribution in [0.2, 0.25) is 0 Å². The summed E-state index contributed by atoms with van der Waals surface area (Å²) in [5.74, 6) is 1.14. The average molecular weight is 152 g/mol. The van der Waals surface area contributed by atoms with E-state index in [4.69, 9.17) is 0 Å². The zero-order valence-corrected chi connectivity index (χ0v) is 6.40. The van der Waals surface area contributed by atoms with Gasteiger partial charge in [0, 0.05) is 19.5 Å². The van der Waals surface area contributed by atoms with Crippen molar-refractivity contribution >= 4 is 5.84 Å². The lowest BCUT2D eigenvalue weighted by molar-refractivity contribution is 0.142. The summed E-state index contributed by atoms with van der Waals surface area (Å²) in [5, 5.41) is 9.28. The van der Waals surface area contributed by atoms with Crippen molar-refractivity contribution in [1.82, 2.24) is 4.90 Å². The lowest BCUT2D eigenvalue weighted by Gasteiger charge is -2.32. The molecule has 3 nitrogen and oxygen atoms in total. The van der Waals surface area contributed by atoms with Crippen LogP contribution in [0.1, 0.15) is 6.42 Å². The maximum atomic E-state index is 9.28. The molecule has 11 heavy (non-hydrogen) atoms. The second-order valence-electron chi connectivity index (χ2n) is 2.99. The Morgan fingerprint density at radius 3 is 3.36 bits per heavy atom. The Morgan fingerprint density at radius 2 is 2.45 bits per heavy atom. The molecule has 60 valence electrons. The molecule has 1 atom stereocenters. The number of rotatable bonds is 0. The maximum absolute atomic E-state index is 9.28. The summed E-state index contributed by atoms with van der Waals surface area (Å²) >= 11 is 0. The van der Waals surface area contributed by atoms with Gasteiger partial charge in [0.25, 0.3) is 0 Å². The van der Waals surface area contributed by atoms with Crippen LogP contribution in [0.5, 0.6) is 0 Å². The number of hydrogen-bond donors (Lipinski definition) is 1. The molecule has 0 aromatic carbocycles. The molecular formula is C8H12N2O. The number of aliphatic hydroxyl groups is 1. The minimum atomic E-state index is -0.259. The molecule has 0 saturated carbocycles. The van der Waals surface area contributed by atoms with E-state index in [-0.39, 0.29) is 6.10 Å². The molecule has 0 aliphatic carbocycles. The topological polar surface area (TPSA) is 35.8 Å². The van der Waals surface area contributed by atoms with Crippen molar-refractivity contribution in [1.29, 1.82) is 0 Å². The Morgan fingerprint density at radius 1 is 1.55 bits per heavy atom. The van der Waals surface area contributed by atoms with Gasteiger partial charge in [-0.1, -0.05) is 12.2 Å². The maximum Gasteiger partial charge on any atom is 0.103 e. The van der Waals surface area contributed by atoms with Gasteiger partial charge in [-0.05, 0) is 0 Å². The van der Waals surface area contributed by atoms with Crippen molar-refractivity contribution in [3.05, 3.63) is 12.2 Å². The first-order valence-corrected chi connectivity index (χ1v) is 3.97. The second-order valence-corrected chi connectivity index (χ2v) is 2.99. The highest BCUT2D eigenvalue weighted by Crippen LogP contribution is 2.10. The monoisotopic (exact) mass is 152 g/mol. The number of fused-ring (bicyclic) bond motifs is 1. The molecule has 0 amide bonds. The molecule has 0 bridgehead atoms. The first-order valence-electron chi connectivity index (χ1n) is 3.97. The van der Waals surface area contributed by atoms with Crippen molar-refractivity contribution in [3.8, 4) is 0 Å². The summed E-state index contributed by atoms with van der Waals surface area (Å²) < 4.78 is 0. The van der Waals surface area contributed by atoms with E-state index in [0.717, 1.165) is 25.3 Å². The minimum absolute atomic E-state index is 0.259. The van der Waals surface area contributed by atoms with E-state index < -0.39 is 0 Å². The van der Waals surface area contributed by atoms with Gasteiger partial charge in [-0.25, -0.2) is 0 Å². The Bertz CT molecular complexity index is 210. The molecule has 0 aromatic rings. The van der Waals surface area contributed by atoms with Crippen LogP contribution in [0.3, 0.4) is 0 Å². The third-order valence-electron chi connectivity index (χ3n) is 2.07. The van der Waals surface area contributed by atoms with E-state index in [1.165, 1.54) is 0 Å². The quantitative estimate of drug-likeness (QED) is 0.497. The molecule has 2 heterocycles. The molecule has 2 aliphatic rings. The van der Waals surface area contributed by atoms with Crippen molar-refractivity contribution in [3.63, 3.8) is 0 Å². The van der Waals surface area contributed by atoms with Crippen LogP contribution in [-0.2, 0) is 0 Å². The SMILES string of the molecule is OC1CN=C2CC=CCN2C1. The van der Waals surface area contributed by atoms with Gasteiger partial charge in [0.05, 0.1) is 12.6 Å². The summed E-state index contributed by atoms with van der Waals surface area (Å²) in [7, 11) is 0. The highest BCUT2D eigenvalue weighted by molar-refractivity contribution is 5.85. The Balaban J connectivity index is 2.15. The van der Waals surface area contributed by atoms with Gasteiger partial charge < -0.3 is 10.0 Å². The summed E-state index contributed by atoms with van der Waals surface area (Å²) in [6.07, 6.45) is 4.93. The highest BCUT2D eigenvalue weighted by Gasteiger charge is 2.20. The van der Waals surface area contributed by atoms with Gasteiger partial charge in [-0.15, -0.1) is 0 Å². The standard InChI is InChI=1S/C8H12N2O/c11-7-5-9-8-3-1-2-4-10(8)6-7/h1-2,7,11H,3-6H2. The Kier molecular flexibility index (Phi) is 1.66. The third-order valence-corrected chi connectivity index (χ3v) is 2.07. The van der Waals surface area contributed by atoms with E-state index in [1.807, 2.05) is 0 Å². The van der Waals surface area contributed by atoms with E-state index in [1.54, 1.807) is 0 Å². The number of hydrogen-bond acceptors (Lipinski definition) is 3. The third kappa shape index (κ3) is 1.28.